The van der Waals surface area contributed by atoms with Crippen LogP contribution >= 0.6 is 0 Å². The topological polar surface area (TPSA) is 57.8 Å². The molecule has 1 aromatic heterocycles. The van der Waals surface area contributed by atoms with Crippen molar-refractivity contribution in [3.05, 3.63) is 53.1 Å². The molecule has 0 atom stereocenters. The molecule has 4 heteroatoms. The molecule has 0 aliphatic heterocycles. The number of carbonyl (C=O) groups is 1. The first-order chi connectivity index (χ1) is 9.18. The summed E-state index contributed by atoms with van der Waals surface area (Å²) < 4.78 is 0. The van der Waals surface area contributed by atoms with Crippen molar-refractivity contribution in [2.24, 2.45) is 0 Å². The maximum absolute atomic E-state index is 12.1. The summed E-state index contributed by atoms with van der Waals surface area (Å²) in [6.07, 6.45) is 5.28. The van der Waals surface area contributed by atoms with Gasteiger partial charge in [0, 0.05) is 30.9 Å². The fourth-order valence-corrected chi connectivity index (χ4v) is 2.15. The van der Waals surface area contributed by atoms with Crippen LogP contribution in [0.25, 0.3) is 0 Å². The van der Waals surface area contributed by atoms with E-state index in [9.17, 15) is 4.79 Å². The third kappa shape index (κ3) is 3.44. The minimum absolute atomic E-state index is 0.00930. The maximum atomic E-state index is 12.1. The van der Waals surface area contributed by atoms with Gasteiger partial charge in [-0.05, 0) is 31.4 Å². The molecule has 2 rings (SSSR count). The number of H-pyrrole nitrogens is 1. The summed E-state index contributed by atoms with van der Waals surface area (Å²) in [4.78, 5) is 19.3. The van der Waals surface area contributed by atoms with Gasteiger partial charge in [-0.25, -0.2) is 4.98 Å². The minimum Gasteiger partial charge on any atom is -0.352 e. The zero-order valence-corrected chi connectivity index (χ0v) is 11.4. The Balaban J connectivity index is 1.84. The van der Waals surface area contributed by atoms with Crippen molar-refractivity contribution >= 4 is 5.91 Å². The van der Waals surface area contributed by atoms with Gasteiger partial charge in [0.1, 0.15) is 5.82 Å². The van der Waals surface area contributed by atoms with E-state index in [1.807, 2.05) is 38.2 Å². The zero-order chi connectivity index (χ0) is 13.7. The van der Waals surface area contributed by atoms with E-state index < -0.39 is 0 Å². The third-order valence-electron chi connectivity index (χ3n) is 3.14. The Bertz CT molecular complexity index is 526. The van der Waals surface area contributed by atoms with Gasteiger partial charge in [-0.2, -0.15) is 0 Å². The molecule has 0 spiro atoms. The molecule has 1 heterocycles. The highest BCUT2D eigenvalue weighted by molar-refractivity contribution is 5.97. The van der Waals surface area contributed by atoms with Crippen molar-refractivity contribution in [1.29, 1.82) is 0 Å². The maximum Gasteiger partial charge on any atom is 0.251 e. The average Bonchev–Trinajstić information content (AvgIpc) is 2.87. The van der Waals surface area contributed by atoms with Crippen LogP contribution in [0, 0.1) is 13.8 Å². The van der Waals surface area contributed by atoms with Crippen LogP contribution in [0.3, 0.4) is 0 Å². The van der Waals surface area contributed by atoms with Crippen LogP contribution in [0.5, 0.6) is 0 Å². The molecule has 0 radical (unpaired) electrons. The number of benzene rings is 1. The van der Waals surface area contributed by atoms with Gasteiger partial charge in [0.15, 0.2) is 0 Å². The quantitative estimate of drug-likeness (QED) is 0.808. The lowest BCUT2D eigenvalue weighted by Crippen LogP contribution is -2.26. The molecule has 0 aliphatic rings. The summed E-state index contributed by atoms with van der Waals surface area (Å²) in [7, 11) is 0. The number of aromatic nitrogens is 2. The standard InChI is InChI=1S/C15H19N3O/c1-11-5-3-6-12(2)14(11)15(19)18-8-4-7-13-16-9-10-17-13/h3,5-6,9-10H,4,7-8H2,1-2H3,(H,16,17)(H,18,19). The Hall–Kier alpha value is -2.10. The van der Waals surface area contributed by atoms with Crippen LogP contribution in [0.4, 0.5) is 0 Å². The van der Waals surface area contributed by atoms with Gasteiger partial charge in [0.25, 0.3) is 5.91 Å². The van der Waals surface area contributed by atoms with Gasteiger partial charge >= 0.3 is 0 Å². The van der Waals surface area contributed by atoms with E-state index >= 15 is 0 Å². The van der Waals surface area contributed by atoms with Gasteiger partial charge in [-0.15, -0.1) is 0 Å². The molecule has 0 fully saturated rings. The summed E-state index contributed by atoms with van der Waals surface area (Å²) in [5.41, 5.74) is 2.83. The monoisotopic (exact) mass is 257 g/mol. The highest BCUT2D eigenvalue weighted by Gasteiger charge is 2.10. The first-order valence-electron chi connectivity index (χ1n) is 6.51. The smallest absolute Gasteiger partial charge is 0.251 e. The Kier molecular flexibility index (Phi) is 4.34. The number of aromatic amines is 1. The van der Waals surface area contributed by atoms with Crippen molar-refractivity contribution in [2.75, 3.05) is 6.54 Å². The Morgan fingerprint density at radius 3 is 2.68 bits per heavy atom. The summed E-state index contributed by atoms with van der Waals surface area (Å²) >= 11 is 0. The summed E-state index contributed by atoms with van der Waals surface area (Å²) in [6, 6.07) is 5.90. The number of nitrogens with one attached hydrogen (secondary N) is 2. The predicted octanol–water partition coefficient (Wildman–Crippen LogP) is 2.39. The zero-order valence-electron chi connectivity index (χ0n) is 11.4. The lowest BCUT2D eigenvalue weighted by atomic mass is 10.0. The van der Waals surface area contributed by atoms with Crippen molar-refractivity contribution in [2.45, 2.75) is 26.7 Å². The number of hydrogen-bond acceptors (Lipinski definition) is 2. The number of aryl methyl sites for hydroxylation is 3. The van der Waals surface area contributed by atoms with Crippen LogP contribution in [-0.4, -0.2) is 22.4 Å². The first-order valence-corrected chi connectivity index (χ1v) is 6.51. The molecule has 0 saturated carbocycles. The molecule has 0 aliphatic carbocycles. The van der Waals surface area contributed by atoms with Crippen molar-refractivity contribution in [1.82, 2.24) is 15.3 Å². The largest absolute Gasteiger partial charge is 0.352 e. The average molecular weight is 257 g/mol. The number of amides is 1. The molecule has 2 N–H and O–H groups in total. The van der Waals surface area contributed by atoms with E-state index in [2.05, 4.69) is 15.3 Å². The molecule has 0 saturated heterocycles. The first kappa shape index (κ1) is 13.3. The molecule has 1 amide bonds. The van der Waals surface area contributed by atoms with Gasteiger partial charge in [0.2, 0.25) is 0 Å². The minimum atomic E-state index is 0.00930. The van der Waals surface area contributed by atoms with Crippen LogP contribution in [-0.2, 0) is 6.42 Å². The third-order valence-corrected chi connectivity index (χ3v) is 3.14. The number of hydrogen-bond donors (Lipinski definition) is 2. The van der Waals surface area contributed by atoms with Crippen LogP contribution in [0.15, 0.2) is 30.6 Å². The molecule has 2 aromatic rings. The lowest BCUT2D eigenvalue weighted by Gasteiger charge is -2.10. The van der Waals surface area contributed by atoms with E-state index in [-0.39, 0.29) is 5.91 Å². The van der Waals surface area contributed by atoms with E-state index in [0.717, 1.165) is 35.4 Å². The molecule has 19 heavy (non-hydrogen) atoms. The highest BCUT2D eigenvalue weighted by Crippen LogP contribution is 2.12. The number of nitrogens with zero attached hydrogens (tertiary/aromatic N) is 1. The van der Waals surface area contributed by atoms with Gasteiger partial charge < -0.3 is 10.3 Å². The summed E-state index contributed by atoms with van der Waals surface area (Å²) in [6.45, 7) is 4.59. The predicted molar refractivity (Wildman–Crippen MR) is 75.2 cm³/mol. The number of rotatable bonds is 5. The van der Waals surface area contributed by atoms with Gasteiger partial charge in [0.05, 0.1) is 0 Å². The SMILES string of the molecule is Cc1cccc(C)c1C(=O)NCCCc1ncc[nH]1. The van der Waals surface area contributed by atoms with E-state index in [4.69, 9.17) is 0 Å². The fourth-order valence-electron chi connectivity index (χ4n) is 2.15. The normalized spacial score (nSPS) is 10.4. The molecule has 4 nitrogen and oxygen atoms in total. The summed E-state index contributed by atoms with van der Waals surface area (Å²) in [5.74, 6) is 0.969. The summed E-state index contributed by atoms with van der Waals surface area (Å²) in [5, 5.41) is 2.96. The van der Waals surface area contributed by atoms with Crippen LogP contribution < -0.4 is 5.32 Å². The molecule has 1 aromatic carbocycles. The molecule has 0 unspecified atom stereocenters. The highest BCUT2D eigenvalue weighted by atomic mass is 16.1. The molecular weight excluding hydrogens is 238 g/mol. The Morgan fingerprint density at radius 2 is 2.05 bits per heavy atom. The van der Waals surface area contributed by atoms with Gasteiger partial charge in [-0.1, -0.05) is 18.2 Å². The van der Waals surface area contributed by atoms with Crippen LogP contribution in [0.1, 0.15) is 33.7 Å². The lowest BCUT2D eigenvalue weighted by molar-refractivity contribution is 0.0952. The second-order valence-electron chi connectivity index (χ2n) is 4.66. The van der Waals surface area contributed by atoms with Crippen LogP contribution in [0.2, 0.25) is 0 Å². The number of carbonyl (C=O) groups excluding carboxylic acids is 1. The molecule has 100 valence electrons. The Labute approximate surface area is 113 Å². The van der Waals surface area contributed by atoms with Crippen molar-refractivity contribution in [3.63, 3.8) is 0 Å². The number of imidazole rings is 1. The second-order valence-corrected chi connectivity index (χ2v) is 4.66. The Morgan fingerprint density at radius 1 is 1.32 bits per heavy atom. The van der Waals surface area contributed by atoms with E-state index in [0.29, 0.717) is 6.54 Å². The second kappa shape index (κ2) is 6.18. The van der Waals surface area contributed by atoms with Crippen molar-refractivity contribution in [3.8, 4) is 0 Å². The van der Waals surface area contributed by atoms with E-state index in [1.54, 1.807) is 6.20 Å². The molecule has 0 bridgehead atoms. The molecular formula is C15H19N3O. The fraction of sp³-hybridized carbons (Fsp3) is 0.333. The van der Waals surface area contributed by atoms with Crippen molar-refractivity contribution < 1.29 is 4.79 Å². The van der Waals surface area contributed by atoms with Gasteiger partial charge in [-0.3, -0.25) is 4.79 Å². The van der Waals surface area contributed by atoms with E-state index in [1.165, 1.54) is 0 Å².